The van der Waals surface area contributed by atoms with Crippen LogP contribution < -0.4 is 10.2 Å². The summed E-state index contributed by atoms with van der Waals surface area (Å²) < 4.78 is 5.84. The van der Waals surface area contributed by atoms with Crippen molar-refractivity contribution in [3.8, 4) is 0 Å². The van der Waals surface area contributed by atoms with Crippen LogP contribution in [0.1, 0.15) is 31.6 Å². The van der Waals surface area contributed by atoms with E-state index in [-0.39, 0.29) is 28.5 Å². The van der Waals surface area contributed by atoms with Gasteiger partial charge in [-0.25, -0.2) is 0 Å². The molecule has 1 aliphatic rings. The van der Waals surface area contributed by atoms with Gasteiger partial charge in [-0.05, 0) is 38.0 Å². The normalized spacial score (nSPS) is 16.0. The Kier molecular flexibility index (Phi) is 5.20. The summed E-state index contributed by atoms with van der Waals surface area (Å²) in [5.41, 5.74) is 1.53. The molecule has 3 aromatic rings. The van der Waals surface area contributed by atoms with Crippen LogP contribution >= 0.6 is 0 Å². The van der Waals surface area contributed by atoms with Gasteiger partial charge in [0.25, 0.3) is 5.69 Å². The van der Waals surface area contributed by atoms with E-state index in [9.17, 15) is 14.9 Å². The number of para-hydroxylation sites is 3. The molecule has 1 atom stereocenters. The number of nitro benzene ring substituents is 1. The molecule has 0 aliphatic carbocycles. The first-order chi connectivity index (χ1) is 14.0. The molecule has 1 aromatic heterocycles. The summed E-state index contributed by atoms with van der Waals surface area (Å²) in [7, 11) is 0. The molecule has 2 heterocycles. The monoisotopic (exact) mass is 393 g/mol. The molecule has 1 saturated heterocycles. The quantitative estimate of drug-likeness (QED) is 0.511. The maximum Gasteiger partial charge on any atom is 0.292 e. The first kappa shape index (κ1) is 19.0. The molecule has 1 aliphatic heterocycles. The third-order valence-electron chi connectivity index (χ3n) is 5.51. The second-order valence-electron chi connectivity index (χ2n) is 7.42. The highest BCUT2D eigenvalue weighted by Crippen LogP contribution is 2.31. The molecule has 0 bridgehead atoms. The summed E-state index contributed by atoms with van der Waals surface area (Å²) in [4.78, 5) is 25.6. The highest BCUT2D eigenvalue weighted by Gasteiger charge is 2.29. The molecular formula is C22H23N3O4. The Morgan fingerprint density at radius 1 is 1.17 bits per heavy atom. The second kappa shape index (κ2) is 7.95. The Hall–Kier alpha value is -3.35. The molecule has 1 amide bonds. The molecule has 7 heteroatoms. The Balaban J connectivity index is 1.37. The molecular weight excluding hydrogens is 370 g/mol. The van der Waals surface area contributed by atoms with Crippen molar-refractivity contribution >= 4 is 28.3 Å². The van der Waals surface area contributed by atoms with Gasteiger partial charge in [-0.3, -0.25) is 14.9 Å². The van der Waals surface area contributed by atoms with Crippen LogP contribution in [0.15, 0.2) is 59.0 Å². The van der Waals surface area contributed by atoms with Crippen molar-refractivity contribution in [2.24, 2.45) is 5.92 Å². The summed E-state index contributed by atoms with van der Waals surface area (Å²) in [5.74, 6) is 0.623. The van der Waals surface area contributed by atoms with Crippen LogP contribution in [-0.2, 0) is 4.79 Å². The van der Waals surface area contributed by atoms with Gasteiger partial charge in [0, 0.05) is 30.5 Å². The zero-order valence-electron chi connectivity index (χ0n) is 16.2. The number of piperidine rings is 1. The number of carbonyl (C=O) groups is 1. The van der Waals surface area contributed by atoms with E-state index in [4.69, 9.17) is 4.42 Å². The predicted octanol–water partition coefficient (Wildman–Crippen LogP) is 4.43. The SMILES string of the molecule is C[C@@H](NC(=O)C1CCN(c2ccccc2[N+](=O)[O-])CC1)c1cc2ccccc2o1. The lowest BCUT2D eigenvalue weighted by Crippen LogP contribution is -2.41. The first-order valence-corrected chi connectivity index (χ1v) is 9.80. The van der Waals surface area contributed by atoms with E-state index >= 15 is 0 Å². The number of carbonyl (C=O) groups excluding carboxylic acids is 1. The molecule has 0 saturated carbocycles. The molecule has 0 spiro atoms. The fourth-order valence-corrected chi connectivity index (χ4v) is 3.89. The lowest BCUT2D eigenvalue weighted by Gasteiger charge is -2.33. The van der Waals surface area contributed by atoms with Gasteiger partial charge in [-0.15, -0.1) is 0 Å². The van der Waals surface area contributed by atoms with Gasteiger partial charge in [0.2, 0.25) is 5.91 Å². The van der Waals surface area contributed by atoms with E-state index in [1.807, 2.05) is 42.2 Å². The van der Waals surface area contributed by atoms with Crippen molar-refractivity contribution in [1.29, 1.82) is 0 Å². The van der Waals surface area contributed by atoms with Crippen molar-refractivity contribution in [2.45, 2.75) is 25.8 Å². The van der Waals surface area contributed by atoms with E-state index in [1.54, 1.807) is 18.2 Å². The molecule has 0 radical (unpaired) electrons. The third-order valence-corrected chi connectivity index (χ3v) is 5.51. The van der Waals surface area contributed by atoms with Crippen LogP contribution in [0.3, 0.4) is 0 Å². The standard InChI is InChI=1S/C22H23N3O4/c1-15(21-14-17-6-2-5-9-20(17)29-21)23-22(26)16-10-12-24(13-11-16)18-7-3-4-8-19(18)25(27)28/h2-9,14-16H,10-13H2,1H3,(H,23,26)/t15-/m1/s1. The minimum Gasteiger partial charge on any atom is -0.459 e. The highest BCUT2D eigenvalue weighted by atomic mass is 16.6. The summed E-state index contributed by atoms with van der Waals surface area (Å²) in [6, 6.07) is 16.3. The topological polar surface area (TPSA) is 88.6 Å². The van der Waals surface area contributed by atoms with Crippen molar-refractivity contribution in [2.75, 3.05) is 18.0 Å². The van der Waals surface area contributed by atoms with Crippen LogP contribution in [-0.4, -0.2) is 23.9 Å². The van der Waals surface area contributed by atoms with Crippen LogP contribution in [0.25, 0.3) is 11.0 Å². The summed E-state index contributed by atoms with van der Waals surface area (Å²) in [5, 5.41) is 15.3. The number of benzene rings is 2. The molecule has 7 nitrogen and oxygen atoms in total. The zero-order valence-corrected chi connectivity index (χ0v) is 16.2. The molecule has 4 rings (SSSR count). The smallest absolute Gasteiger partial charge is 0.292 e. The molecule has 0 unspecified atom stereocenters. The van der Waals surface area contributed by atoms with Crippen molar-refractivity contribution < 1.29 is 14.1 Å². The lowest BCUT2D eigenvalue weighted by atomic mass is 9.95. The van der Waals surface area contributed by atoms with Gasteiger partial charge in [0.05, 0.1) is 11.0 Å². The predicted molar refractivity (Wildman–Crippen MR) is 111 cm³/mol. The number of fused-ring (bicyclic) bond motifs is 1. The van der Waals surface area contributed by atoms with Gasteiger partial charge < -0.3 is 14.6 Å². The number of anilines is 1. The van der Waals surface area contributed by atoms with Crippen molar-refractivity contribution in [1.82, 2.24) is 5.32 Å². The van der Waals surface area contributed by atoms with E-state index < -0.39 is 0 Å². The Labute approximate surface area is 168 Å². The van der Waals surface area contributed by atoms with E-state index in [0.29, 0.717) is 31.6 Å². The Morgan fingerprint density at radius 3 is 2.59 bits per heavy atom. The minimum atomic E-state index is -0.358. The number of hydrogen-bond donors (Lipinski definition) is 1. The number of nitrogens with zero attached hydrogens (tertiary/aromatic N) is 2. The number of hydrogen-bond acceptors (Lipinski definition) is 5. The van der Waals surface area contributed by atoms with E-state index in [0.717, 1.165) is 16.7 Å². The largest absolute Gasteiger partial charge is 0.459 e. The number of amides is 1. The average molecular weight is 393 g/mol. The summed E-state index contributed by atoms with van der Waals surface area (Å²) >= 11 is 0. The van der Waals surface area contributed by atoms with Gasteiger partial charge in [0.1, 0.15) is 17.0 Å². The van der Waals surface area contributed by atoms with Gasteiger partial charge in [0.15, 0.2) is 0 Å². The number of rotatable bonds is 5. The van der Waals surface area contributed by atoms with E-state index in [2.05, 4.69) is 5.32 Å². The second-order valence-corrected chi connectivity index (χ2v) is 7.42. The Morgan fingerprint density at radius 2 is 1.86 bits per heavy atom. The van der Waals surface area contributed by atoms with Crippen LogP contribution in [0, 0.1) is 16.0 Å². The lowest BCUT2D eigenvalue weighted by molar-refractivity contribution is -0.384. The van der Waals surface area contributed by atoms with Gasteiger partial charge >= 0.3 is 0 Å². The summed E-state index contributed by atoms with van der Waals surface area (Å²) in [6.07, 6.45) is 1.31. The highest BCUT2D eigenvalue weighted by molar-refractivity contribution is 5.81. The van der Waals surface area contributed by atoms with Gasteiger partial charge in [-0.1, -0.05) is 30.3 Å². The first-order valence-electron chi connectivity index (χ1n) is 9.80. The number of furan rings is 1. The number of nitrogens with one attached hydrogen (secondary N) is 1. The van der Waals surface area contributed by atoms with Crippen LogP contribution in [0.4, 0.5) is 11.4 Å². The molecule has 150 valence electrons. The maximum atomic E-state index is 12.7. The van der Waals surface area contributed by atoms with Crippen molar-refractivity contribution in [3.63, 3.8) is 0 Å². The minimum absolute atomic E-state index is 0.000155. The molecule has 29 heavy (non-hydrogen) atoms. The van der Waals surface area contributed by atoms with Crippen molar-refractivity contribution in [3.05, 3.63) is 70.5 Å². The fraction of sp³-hybridized carbons (Fsp3) is 0.318. The molecule has 2 aromatic carbocycles. The summed E-state index contributed by atoms with van der Waals surface area (Å²) in [6.45, 7) is 3.14. The average Bonchev–Trinajstić information content (AvgIpc) is 3.18. The van der Waals surface area contributed by atoms with Crippen LogP contribution in [0.5, 0.6) is 0 Å². The molecule has 1 fully saturated rings. The zero-order chi connectivity index (χ0) is 20.4. The Bertz CT molecular complexity index is 1000. The maximum absolute atomic E-state index is 12.7. The number of nitro groups is 1. The van der Waals surface area contributed by atoms with Gasteiger partial charge in [-0.2, -0.15) is 0 Å². The van der Waals surface area contributed by atoms with E-state index in [1.165, 1.54) is 6.07 Å². The molecule has 1 N–H and O–H groups in total. The van der Waals surface area contributed by atoms with Crippen LogP contribution in [0.2, 0.25) is 0 Å². The fourth-order valence-electron chi connectivity index (χ4n) is 3.89. The third kappa shape index (κ3) is 3.94.